The molecule has 0 fully saturated rings. The van der Waals surface area contributed by atoms with Gasteiger partial charge in [0.15, 0.2) is 5.75 Å². The number of hydrogen-bond acceptors (Lipinski definition) is 4. The van der Waals surface area contributed by atoms with Crippen LogP contribution in [0, 0.1) is 0 Å². The summed E-state index contributed by atoms with van der Waals surface area (Å²) in [6, 6.07) is 12.0. The quantitative estimate of drug-likeness (QED) is 0.139. The maximum Gasteiger partial charge on any atom is 0.223 e. The molecule has 0 aliphatic heterocycles. The number of nitrogens with one attached hydrogen (secondary N) is 1. The molecule has 2 rings (SSSR count). The smallest absolute Gasteiger partial charge is 0.223 e. The first-order valence-corrected chi connectivity index (χ1v) is 15.6. The number of aromatic nitrogens is 1. The van der Waals surface area contributed by atoms with Gasteiger partial charge >= 0.3 is 0 Å². The van der Waals surface area contributed by atoms with Gasteiger partial charge in [-0.05, 0) is 12.0 Å². The number of hydrogen-bond donors (Lipinski definition) is 2. The topological polar surface area (TPSA) is 69.3 Å². The van der Waals surface area contributed by atoms with Gasteiger partial charge in [-0.25, -0.2) is 0 Å². The van der Waals surface area contributed by atoms with Gasteiger partial charge in [-0.3, -0.25) is 4.79 Å². The summed E-state index contributed by atoms with van der Waals surface area (Å²) in [6.45, 7) is 5.49. The Morgan fingerprint density at radius 2 is 1.34 bits per heavy atom. The molecular formula is C33H55N3O2. The van der Waals surface area contributed by atoms with Gasteiger partial charge in [-0.15, -0.1) is 0 Å². The monoisotopic (exact) mass is 525 g/mol. The zero-order chi connectivity index (χ0) is 27.1. The number of pyridine rings is 1. The molecule has 1 aromatic carbocycles. The molecule has 0 radical (unpaired) electrons. The van der Waals surface area contributed by atoms with Crippen LogP contribution in [0.5, 0.6) is 5.75 Å². The molecule has 0 amide bonds. The Kier molecular flexibility index (Phi) is 18.4. The third-order valence-electron chi connectivity index (χ3n) is 7.26. The summed E-state index contributed by atoms with van der Waals surface area (Å²) in [5.41, 5.74) is 7.71. The lowest BCUT2D eigenvalue weighted by Gasteiger charge is -2.16. The second-order valence-electron chi connectivity index (χ2n) is 10.7. The van der Waals surface area contributed by atoms with Gasteiger partial charge in [0.2, 0.25) is 5.43 Å². The first-order valence-electron chi connectivity index (χ1n) is 15.6. The molecule has 3 N–H and O–H groups in total. The average Bonchev–Trinajstić information content (AvgIpc) is 2.93. The van der Waals surface area contributed by atoms with Crippen molar-refractivity contribution in [1.82, 2.24) is 9.88 Å². The molecule has 0 saturated heterocycles. The zero-order valence-corrected chi connectivity index (χ0v) is 24.2. The Balaban J connectivity index is 1.59. The van der Waals surface area contributed by atoms with Crippen molar-refractivity contribution in [3.8, 4) is 5.75 Å². The summed E-state index contributed by atoms with van der Waals surface area (Å²) in [4.78, 5) is 12.7. The summed E-state index contributed by atoms with van der Waals surface area (Å²) in [5.74, 6) is 0.449. The van der Waals surface area contributed by atoms with Gasteiger partial charge in [-0.1, -0.05) is 134 Å². The van der Waals surface area contributed by atoms with Crippen LogP contribution in [-0.2, 0) is 13.1 Å². The summed E-state index contributed by atoms with van der Waals surface area (Å²) < 4.78 is 8.06. The maximum atomic E-state index is 12.7. The van der Waals surface area contributed by atoms with Crippen molar-refractivity contribution >= 4 is 0 Å². The number of nitrogens with two attached hydrogens (primary N) is 1. The van der Waals surface area contributed by atoms with Crippen LogP contribution in [0.4, 0.5) is 0 Å². The van der Waals surface area contributed by atoms with Crippen LogP contribution < -0.4 is 21.2 Å². The highest BCUT2D eigenvalue weighted by atomic mass is 16.5. The second kappa shape index (κ2) is 21.8. The maximum absolute atomic E-state index is 12.7. The Bertz CT molecular complexity index is 882. The van der Waals surface area contributed by atoms with Crippen molar-refractivity contribution in [1.29, 1.82) is 0 Å². The van der Waals surface area contributed by atoms with Crippen LogP contribution in [0.15, 0.2) is 47.4 Å². The molecule has 214 valence electrons. The first-order chi connectivity index (χ1) is 18.7. The normalized spacial score (nSPS) is 11.2. The fourth-order valence-corrected chi connectivity index (χ4v) is 4.93. The van der Waals surface area contributed by atoms with E-state index in [1.54, 1.807) is 6.07 Å². The molecule has 2 aromatic rings. The molecule has 0 atom stereocenters. The molecule has 0 unspecified atom stereocenters. The van der Waals surface area contributed by atoms with E-state index in [0.29, 0.717) is 32.0 Å². The molecule has 0 spiro atoms. The van der Waals surface area contributed by atoms with E-state index in [2.05, 4.69) is 28.9 Å². The van der Waals surface area contributed by atoms with E-state index in [0.717, 1.165) is 25.1 Å². The van der Waals surface area contributed by atoms with Gasteiger partial charge < -0.3 is 20.4 Å². The van der Waals surface area contributed by atoms with Crippen molar-refractivity contribution in [3.63, 3.8) is 0 Å². The Morgan fingerprint density at radius 3 is 1.89 bits per heavy atom. The van der Waals surface area contributed by atoms with E-state index >= 15 is 0 Å². The molecule has 38 heavy (non-hydrogen) atoms. The SMILES string of the molecule is CCCCCCCCCCCCCCCCCCOc1cn(Cc2ccccc2)c(CNCCN)cc1=O. The summed E-state index contributed by atoms with van der Waals surface area (Å²) in [7, 11) is 0. The molecule has 0 bridgehead atoms. The average molecular weight is 526 g/mol. The first kappa shape index (κ1) is 32.1. The fourth-order valence-electron chi connectivity index (χ4n) is 4.93. The lowest BCUT2D eigenvalue weighted by atomic mass is 10.0. The number of rotatable bonds is 24. The highest BCUT2D eigenvalue weighted by Gasteiger charge is 2.09. The van der Waals surface area contributed by atoms with E-state index in [-0.39, 0.29) is 5.43 Å². The standard InChI is InChI=1S/C33H55N3O2/c1-2-3-4-5-6-7-8-9-10-11-12-13-14-15-16-20-25-38-33-29-36(28-30-21-18-17-19-22-30)31(26-32(33)37)27-35-24-23-34/h17-19,21-22,26,29,35H,2-16,20,23-25,27-28,34H2,1H3. The Morgan fingerprint density at radius 1 is 0.789 bits per heavy atom. The van der Waals surface area contributed by atoms with Crippen molar-refractivity contribution in [2.24, 2.45) is 5.73 Å². The van der Waals surface area contributed by atoms with Crippen LogP contribution in [0.1, 0.15) is 121 Å². The summed E-state index contributed by atoms with van der Waals surface area (Å²) in [6.07, 6.45) is 23.5. The van der Waals surface area contributed by atoms with E-state index in [1.165, 1.54) is 95.5 Å². The van der Waals surface area contributed by atoms with E-state index in [4.69, 9.17) is 10.5 Å². The number of benzene rings is 1. The van der Waals surface area contributed by atoms with Gasteiger partial charge in [0.05, 0.1) is 12.8 Å². The predicted molar refractivity (Wildman–Crippen MR) is 162 cm³/mol. The third-order valence-corrected chi connectivity index (χ3v) is 7.26. The lowest BCUT2D eigenvalue weighted by molar-refractivity contribution is 0.298. The second-order valence-corrected chi connectivity index (χ2v) is 10.7. The third kappa shape index (κ3) is 14.7. The molecule has 0 aliphatic carbocycles. The van der Waals surface area contributed by atoms with E-state index in [1.807, 2.05) is 24.4 Å². The van der Waals surface area contributed by atoms with Gasteiger partial charge in [0.25, 0.3) is 0 Å². The van der Waals surface area contributed by atoms with Crippen LogP contribution >= 0.6 is 0 Å². The Labute approximate surface area is 232 Å². The number of ether oxygens (including phenoxy) is 1. The van der Waals surface area contributed by atoms with Gasteiger partial charge in [0, 0.05) is 37.9 Å². The molecule has 1 heterocycles. The molecule has 5 heteroatoms. The molecule has 0 aliphatic rings. The zero-order valence-electron chi connectivity index (χ0n) is 24.2. The molecule has 5 nitrogen and oxygen atoms in total. The van der Waals surface area contributed by atoms with E-state index in [9.17, 15) is 4.79 Å². The van der Waals surface area contributed by atoms with Gasteiger partial charge in [-0.2, -0.15) is 0 Å². The predicted octanol–water partition coefficient (Wildman–Crippen LogP) is 7.59. The molecular weight excluding hydrogens is 470 g/mol. The van der Waals surface area contributed by atoms with Crippen molar-refractivity contribution < 1.29 is 4.74 Å². The molecule has 0 saturated carbocycles. The lowest BCUT2D eigenvalue weighted by Crippen LogP contribution is -2.25. The minimum absolute atomic E-state index is 0.0460. The van der Waals surface area contributed by atoms with Crippen LogP contribution in [-0.4, -0.2) is 24.3 Å². The minimum atomic E-state index is -0.0460. The Hall–Kier alpha value is -2.11. The fraction of sp³-hybridized carbons (Fsp3) is 0.667. The summed E-state index contributed by atoms with van der Waals surface area (Å²) in [5, 5.41) is 3.30. The largest absolute Gasteiger partial charge is 0.488 e. The highest BCUT2D eigenvalue weighted by Crippen LogP contribution is 2.15. The van der Waals surface area contributed by atoms with Crippen LogP contribution in [0.3, 0.4) is 0 Å². The van der Waals surface area contributed by atoms with Crippen LogP contribution in [0.25, 0.3) is 0 Å². The van der Waals surface area contributed by atoms with E-state index < -0.39 is 0 Å². The summed E-state index contributed by atoms with van der Waals surface area (Å²) >= 11 is 0. The number of nitrogens with zero attached hydrogens (tertiary/aromatic N) is 1. The molecule has 1 aromatic heterocycles. The van der Waals surface area contributed by atoms with Crippen molar-refractivity contribution in [3.05, 3.63) is 64.1 Å². The van der Waals surface area contributed by atoms with Crippen molar-refractivity contribution in [2.75, 3.05) is 19.7 Å². The van der Waals surface area contributed by atoms with Crippen LogP contribution in [0.2, 0.25) is 0 Å². The number of unbranched alkanes of at least 4 members (excludes halogenated alkanes) is 15. The highest BCUT2D eigenvalue weighted by molar-refractivity contribution is 5.24. The van der Waals surface area contributed by atoms with Crippen molar-refractivity contribution in [2.45, 2.75) is 123 Å². The minimum Gasteiger partial charge on any atom is -0.488 e. The van der Waals surface area contributed by atoms with Gasteiger partial charge in [0.1, 0.15) is 0 Å².